The van der Waals surface area contributed by atoms with E-state index >= 15 is 0 Å². The molecule has 140 valence electrons. The molecule has 0 saturated carbocycles. The molecule has 0 spiro atoms. The third-order valence-corrected chi connectivity index (χ3v) is 4.16. The van der Waals surface area contributed by atoms with Gasteiger partial charge in [0.05, 0.1) is 30.0 Å². The smallest absolute Gasteiger partial charge is 0.331 e. The number of ether oxygens (including phenoxy) is 3. The van der Waals surface area contributed by atoms with E-state index in [0.29, 0.717) is 32.9 Å². The van der Waals surface area contributed by atoms with E-state index in [2.05, 4.69) is 4.98 Å². The third-order valence-electron chi connectivity index (χ3n) is 3.67. The Morgan fingerprint density at radius 3 is 2.48 bits per heavy atom. The number of pyridine rings is 1. The maximum atomic E-state index is 12.0. The second-order valence-electron chi connectivity index (χ2n) is 5.56. The van der Waals surface area contributed by atoms with Gasteiger partial charge in [-0.3, -0.25) is 0 Å². The van der Waals surface area contributed by atoms with Crippen molar-refractivity contribution < 1.29 is 19.0 Å². The van der Waals surface area contributed by atoms with Crippen molar-refractivity contribution in [1.82, 2.24) is 9.38 Å². The van der Waals surface area contributed by atoms with E-state index in [9.17, 15) is 4.79 Å². The number of fused-ring (bicyclic) bond motifs is 1. The van der Waals surface area contributed by atoms with Gasteiger partial charge in [0.1, 0.15) is 18.1 Å². The van der Waals surface area contributed by atoms with E-state index in [1.807, 2.05) is 0 Å². The van der Waals surface area contributed by atoms with Crippen LogP contribution in [-0.2, 0) is 16.1 Å². The van der Waals surface area contributed by atoms with Crippen molar-refractivity contribution in [3.63, 3.8) is 0 Å². The molecule has 0 aliphatic heterocycles. The molecule has 0 fully saturated rings. The first-order valence-electron chi connectivity index (χ1n) is 7.89. The van der Waals surface area contributed by atoms with Gasteiger partial charge in [-0.25, -0.2) is 9.78 Å². The maximum Gasteiger partial charge on any atom is 0.331 e. The van der Waals surface area contributed by atoms with E-state index in [-0.39, 0.29) is 6.61 Å². The van der Waals surface area contributed by atoms with Gasteiger partial charge >= 0.3 is 5.97 Å². The Hall–Kier alpha value is -2.70. The number of aromatic nitrogens is 2. The molecule has 0 aliphatic carbocycles. The van der Waals surface area contributed by atoms with Crippen LogP contribution in [0.1, 0.15) is 11.3 Å². The molecule has 27 heavy (non-hydrogen) atoms. The lowest BCUT2D eigenvalue weighted by Crippen LogP contribution is -2.00. The fourth-order valence-corrected chi connectivity index (χ4v) is 2.96. The Morgan fingerprint density at radius 1 is 1.11 bits per heavy atom. The van der Waals surface area contributed by atoms with Crippen LogP contribution in [-0.4, -0.2) is 29.6 Å². The zero-order chi connectivity index (χ0) is 19.4. The molecule has 8 heteroatoms. The van der Waals surface area contributed by atoms with E-state index in [4.69, 9.17) is 37.4 Å². The minimum Gasteiger partial charge on any atom is -0.497 e. The van der Waals surface area contributed by atoms with Gasteiger partial charge in [-0.2, -0.15) is 0 Å². The highest BCUT2D eigenvalue weighted by atomic mass is 35.5. The van der Waals surface area contributed by atoms with Gasteiger partial charge < -0.3 is 18.6 Å². The van der Waals surface area contributed by atoms with Gasteiger partial charge in [0.15, 0.2) is 5.65 Å². The van der Waals surface area contributed by atoms with Crippen molar-refractivity contribution in [2.75, 3.05) is 14.2 Å². The highest BCUT2D eigenvalue weighted by molar-refractivity contribution is 6.36. The van der Waals surface area contributed by atoms with E-state index in [1.165, 1.54) is 6.08 Å². The molecule has 0 atom stereocenters. The van der Waals surface area contributed by atoms with Crippen molar-refractivity contribution >= 4 is 40.9 Å². The van der Waals surface area contributed by atoms with Gasteiger partial charge in [-0.15, -0.1) is 0 Å². The predicted octanol–water partition coefficient (Wildman–Crippen LogP) is 4.41. The Bertz CT molecular complexity index is 992. The van der Waals surface area contributed by atoms with Crippen LogP contribution in [0.4, 0.5) is 0 Å². The topological polar surface area (TPSA) is 62.1 Å². The molecule has 0 amide bonds. The number of halogens is 2. The van der Waals surface area contributed by atoms with Crippen molar-refractivity contribution in [3.05, 3.63) is 64.0 Å². The first-order chi connectivity index (χ1) is 13.0. The average molecular weight is 407 g/mol. The van der Waals surface area contributed by atoms with Crippen LogP contribution >= 0.6 is 23.2 Å². The highest BCUT2D eigenvalue weighted by Crippen LogP contribution is 2.24. The summed E-state index contributed by atoms with van der Waals surface area (Å²) in [5.74, 6) is 0.753. The van der Waals surface area contributed by atoms with Crippen molar-refractivity contribution in [1.29, 1.82) is 0 Å². The molecule has 0 unspecified atom stereocenters. The van der Waals surface area contributed by atoms with E-state index in [0.717, 1.165) is 5.56 Å². The standard InChI is InChI=1S/C19H16Cl2N2O4/c1-25-15-5-12(6-16(8-15)26-2)3-4-18(24)27-11-14-10-23-9-13(20)7-17(21)19(23)22-14/h3-10H,11H2,1-2H3/b4-3+. The Morgan fingerprint density at radius 2 is 1.81 bits per heavy atom. The number of carbonyl (C=O) groups excluding carboxylic acids is 1. The number of imidazole rings is 1. The van der Waals surface area contributed by atoms with Crippen molar-refractivity contribution in [3.8, 4) is 11.5 Å². The molecule has 2 aromatic heterocycles. The first kappa shape index (κ1) is 19.1. The summed E-state index contributed by atoms with van der Waals surface area (Å²) < 4.78 is 17.3. The minimum absolute atomic E-state index is 0.0141. The monoisotopic (exact) mass is 406 g/mol. The van der Waals surface area contributed by atoms with Crippen LogP contribution < -0.4 is 9.47 Å². The molecule has 1 aromatic carbocycles. The second kappa shape index (κ2) is 8.33. The Labute approximate surface area is 165 Å². The summed E-state index contributed by atoms with van der Waals surface area (Å²) in [5, 5.41) is 0.914. The van der Waals surface area contributed by atoms with Crippen LogP contribution in [0.15, 0.2) is 42.7 Å². The van der Waals surface area contributed by atoms with E-state index in [1.54, 1.807) is 61.4 Å². The zero-order valence-corrected chi connectivity index (χ0v) is 16.1. The molecule has 3 rings (SSSR count). The van der Waals surface area contributed by atoms with Gasteiger partial charge in [0.25, 0.3) is 0 Å². The molecule has 0 aliphatic rings. The van der Waals surface area contributed by atoms with Crippen LogP contribution in [0.3, 0.4) is 0 Å². The van der Waals surface area contributed by atoms with Gasteiger partial charge in [-0.1, -0.05) is 23.2 Å². The van der Waals surface area contributed by atoms with Crippen LogP contribution in [0, 0.1) is 0 Å². The first-order valence-corrected chi connectivity index (χ1v) is 8.64. The van der Waals surface area contributed by atoms with Crippen LogP contribution in [0.25, 0.3) is 11.7 Å². The summed E-state index contributed by atoms with van der Waals surface area (Å²) in [4.78, 5) is 16.3. The molecular weight excluding hydrogens is 391 g/mol. The predicted molar refractivity (Wildman–Crippen MR) is 104 cm³/mol. The van der Waals surface area contributed by atoms with Crippen molar-refractivity contribution in [2.24, 2.45) is 0 Å². The number of hydrogen-bond donors (Lipinski definition) is 0. The molecule has 6 nitrogen and oxygen atoms in total. The molecular formula is C19H16Cl2N2O4. The largest absolute Gasteiger partial charge is 0.497 e. The van der Waals surface area contributed by atoms with Crippen molar-refractivity contribution in [2.45, 2.75) is 6.61 Å². The second-order valence-corrected chi connectivity index (χ2v) is 6.40. The Balaban J connectivity index is 1.66. The summed E-state index contributed by atoms with van der Waals surface area (Å²) >= 11 is 12.1. The lowest BCUT2D eigenvalue weighted by Gasteiger charge is -2.05. The number of esters is 1. The Kier molecular flexibility index (Phi) is 5.88. The average Bonchev–Trinajstić information content (AvgIpc) is 3.07. The summed E-state index contributed by atoms with van der Waals surface area (Å²) in [7, 11) is 3.12. The number of carbonyl (C=O) groups is 1. The fourth-order valence-electron chi connectivity index (χ4n) is 2.43. The highest BCUT2D eigenvalue weighted by Gasteiger charge is 2.08. The number of nitrogens with zero attached hydrogens (tertiary/aromatic N) is 2. The molecule has 0 radical (unpaired) electrons. The summed E-state index contributed by atoms with van der Waals surface area (Å²) in [6.45, 7) is 0.0141. The quantitative estimate of drug-likeness (QED) is 0.447. The number of methoxy groups -OCH3 is 2. The molecule has 2 heterocycles. The lowest BCUT2D eigenvalue weighted by molar-refractivity contribution is -0.139. The third kappa shape index (κ3) is 4.72. The number of rotatable bonds is 6. The van der Waals surface area contributed by atoms with Gasteiger partial charge in [0.2, 0.25) is 0 Å². The van der Waals surface area contributed by atoms with Gasteiger partial charge in [0, 0.05) is 24.5 Å². The molecule has 0 N–H and O–H groups in total. The molecule has 0 saturated heterocycles. The SMILES string of the molecule is COc1cc(/C=C/C(=O)OCc2cn3cc(Cl)cc(Cl)c3n2)cc(OC)c1. The minimum atomic E-state index is -0.502. The summed E-state index contributed by atoms with van der Waals surface area (Å²) in [6, 6.07) is 6.91. The van der Waals surface area contributed by atoms with Crippen LogP contribution in [0.2, 0.25) is 10.0 Å². The number of benzene rings is 1. The summed E-state index contributed by atoms with van der Waals surface area (Å²) in [5.41, 5.74) is 1.85. The maximum absolute atomic E-state index is 12.0. The number of hydrogen-bond acceptors (Lipinski definition) is 5. The fraction of sp³-hybridized carbons (Fsp3) is 0.158. The molecule has 0 bridgehead atoms. The molecule has 3 aromatic rings. The summed E-state index contributed by atoms with van der Waals surface area (Å²) in [6.07, 6.45) is 6.33. The normalized spacial score (nSPS) is 11.1. The lowest BCUT2D eigenvalue weighted by atomic mass is 10.2. The van der Waals surface area contributed by atoms with Crippen LogP contribution in [0.5, 0.6) is 11.5 Å². The zero-order valence-electron chi connectivity index (χ0n) is 14.6. The van der Waals surface area contributed by atoms with Gasteiger partial charge in [-0.05, 0) is 29.8 Å². The van der Waals surface area contributed by atoms with E-state index < -0.39 is 5.97 Å².